The number of fused-ring (bicyclic) bond motifs is 1. The SMILES string of the molecule is COc1ccc2nc(N3C(=O)C(O)=C(C(=O)c4cccs4)[C@@H]3c3cccc(F)c3)sc2c1. The van der Waals surface area contributed by atoms with Crippen LogP contribution in [-0.4, -0.2) is 28.9 Å². The molecule has 6 nitrogen and oxygen atoms in total. The van der Waals surface area contributed by atoms with Crippen molar-refractivity contribution in [2.24, 2.45) is 0 Å². The standard InChI is InChI=1S/C23H15FN2O4S2/c1-30-14-7-8-15-17(11-14)32-23(25-15)26-19(12-4-2-5-13(24)10-12)18(21(28)22(26)29)20(27)16-6-3-9-31-16/h2-11,19,28H,1H3/t19-/m0/s1. The molecule has 2 aromatic carbocycles. The van der Waals surface area contributed by atoms with Crippen molar-refractivity contribution in [2.45, 2.75) is 6.04 Å². The van der Waals surface area contributed by atoms with Gasteiger partial charge in [0, 0.05) is 0 Å². The van der Waals surface area contributed by atoms with E-state index >= 15 is 0 Å². The molecule has 32 heavy (non-hydrogen) atoms. The molecular formula is C23H15FN2O4S2. The number of ether oxygens (including phenoxy) is 1. The lowest BCUT2D eigenvalue weighted by molar-refractivity contribution is -0.117. The van der Waals surface area contributed by atoms with Gasteiger partial charge in [0.05, 0.1) is 33.8 Å². The van der Waals surface area contributed by atoms with Crippen LogP contribution >= 0.6 is 22.7 Å². The number of hydrogen-bond donors (Lipinski definition) is 1. The van der Waals surface area contributed by atoms with Gasteiger partial charge in [0.25, 0.3) is 5.91 Å². The Hall–Kier alpha value is -3.56. The van der Waals surface area contributed by atoms with E-state index in [0.29, 0.717) is 21.7 Å². The molecule has 9 heteroatoms. The van der Waals surface area contributed by atoms with E-state index in [1.165, 1.54) is 45.8 Å². The van der Waals surface area contributed by atoms with Crippen LogP contribution in [0.2, 0.25) is 0 Å². The number of thiophene rings is 1. The first-order valence-electron chi connectivity index (χ1n) is 9.53. The maximum Gasteiger partial charge on any atom is 0.296 e. The van der Waals surface area contributed by atoms with Crippen molar-refractivity contribution in [3.05, 3.63) is 87.6 Å². The van der Waals surface area contributed by atoms with Crippen LogP contribution in [0.1, 0.15) is 21.3 Å². The lowest BCUT2D eigenvalue weighted by atomic mass is 9.95. The molecule has 1 N–H and O–H groups in total. The number of hydrogen-bond acceptors (Lipinski definition) is 7. The summed E-state index contributed by atoms with van der Waals surface area (Å²) < 4.78 is 20.1. The number of halogens is 1. The van der Waals surface area contributed by atoms with Crippen molar-refractivity contribution in [3.8, 4) is 5.75 Å². The highest BCUT2D eigenvalue weighted by molar-refractivity contribution is 7.22. The molecule has 3 heterocycles. The Labute approximate surface area is 189 Å². The summed E-state index contributed by atoms with van der Waals surface area (Å²) in [6, 6.07) is 13.3. The average molecular weight is 467 g/mol. The van der Waals surface area contributed by atoms with Crippen LogP contribution in [0.3, 0.4) is 0 Å². The fourth-order valence-corrected chi connectivity index (χ4v) is 5.39. The van der Waals surface area contributed by atoms with Crippen LogP contribution in [0.4, 0.5) is 9.52 Å². The smallest absolute Gasteiger partial charge is 0.296 e. The fraction of sp³-hybridized carbons (Fsp3) is 0.0870. The number of amides is 1. The van der Waals surface area contributed by atoms with Gasteiger partial charge in [-0.1, -0.05) is 29.5 Å². The van der Waals surface area contributed by atoms with Gasteiger partial charge in [0.1, 0.15) is 11.6 Å². The summed E-state index contributed by atoms with van der Waals surface area (Å²) in [5.74, 6) is -1.78. The van der Waals surface area contributed by atoms with Crippen molar-refractivity contribution >= 4 is 49.7 Å². The topological polar surface area (TPSA) is 79.7 Å². The minimum atomic E-state index is -1.02. The molecule has 0 saturated heterocycles. The Balaban J connectivity index is 1.68. The molecular weight excluding hydrogens is 451 g/mol. The predicted octanol–water partition coefficient (Wildman–Crippen LogP) is 5.29. The Bertz CT molecular complexity index is 1390. The summed E-state index contributed by atoms with van der Waals surface area (Å²) in [6.45, 7) is 0. The molecule has 0 saturated carbocycles. The van der Waals surface area contributed by atoms with Gasteiger partial charge in [-0.3, -0.25) is 14.5 Å². The molecule has 0 aliphatic carbocycles. The highest BCUT2D eigenvalue weighted by Crippen LogP contribution is 2.44. The van der Waals surface area contributed by atoms with Gasteiger partial charge in [0.2, 0.25) is 5.78 Å². The maximum atomic E-state index is 14.1. The second kappa shape index (κ2) is 7.85. The van der Waals surface area contributed by atoms with Crippen molar-refractivity contribution in [3.63, 3.8) is 0 Å². The van der Waals surface area contributed by atoms with Crippen LogP contribution in [0.25, 0.3) is 10.2 Å². The van der Waals surface area contributed by atoms with Crippen molar-refractivity contribution in [1.29, 1.82) is 0 Å². The minimum absolute atomic E-state index is 0.0973. The molecule has 1 amide bonds. The summed E-state index contributed by atoms with van der Waals surface area (Å²) in [4.78, 5) is 32.6. The first kappa shape index (κ1) is 20.3. The summed E-state index contributed by atoms with van der Waals surface area (Å²) in [7, 11) is 1.55. The summed E-state index contributed by atoms with van der Waals surface area (Å²) >= 11 is 2.42. The van der Waals surface area contributed by atoms with Gasteiger partial charge in [-0.05, 0) is 47.3 Å². The van der Waals surface area contributed by atoms with Gasteiger partial charge in [-0.15, -0.1) is 11.3 Å². The third-order valence-corrected chi connectivity index (χ3v) is 7.04. The first-order valence-corrected chi connectivity index (χ1v) is 11.2. The molecule has 5 rings (SSSR count). The van der Waals surface area contributed by atoms with Gasteiger partial charge in [-0.25, -0.2) is 9.37 Å². The molecule has 1 atom stereocenters. The van der Waals surface area contributed by atoms with Crippen molar-refractivity contribution in [2.75, 3.05) is 12.0 Å². The number of methoxy groups -OCH3 is 1. The lowest BCUT2D eigenvalue weighted by Crippen LogP contribution is -2.31. The molecule has 2 aromatic heterocycles. The minimum Gasteiger partial charge on any atom is -0.503 e. The maximum absolute atomic E-state index is 14.1. The largest absolute Gasteiger partial charge is 0.503 e. The van der Waals surface area contributed by atoms with E-state index in [0.717, 1.165) is 4.70 Å². The summed E-state index contributed by atoms with van der Waals surface area (Å²) in [5, 5.41) is 12.8. The number of carbonyl (C=O) groups excluding carboxylic acids is 2. The van der Waals surface area contributed by atoms with Crippen LogP contribution in [-0.2, 0) is 4.79 Å². The van der Waals surface area contributed by atoms with Crippen LogP contribution in [0.5, 0.6) is 5.75 Å². The Morgan fingerprint density at radius 2 is 2.03 bits per heavy atom. The third-order valence-electron chi connectivity index (χ3n) is 5.15. The normalized spacial score (nSPS) is 16.2. The number of aliphatic hydroxyl groups is 1. The molecule has 0 spiro atoms. The number of rotatable bonds is 5. The van der Waals surface area contributed by atoms with Crippen molar-refractivity contribution in [1.82, 2.24) is 4.98 Å². The predicted molar refractivity (Wildman–Crippen MR) is 121 cm³/mol. The van der Waals surface area contributed by atoms with Crippen molar-refractivity contribution < 1.29 is 23.8 Å². The van der Waals surface area contributed by atoms with Gasteiger partial charge in [0.15, 0.2) is 10.9 Å². The number of ketones is 1. The van der Waals surface area contributed by atoms with Crippen LogP contribution in [0.15, 0.2) is 71.3 Å². The second-order valence-electron chi connectivity index (χ2n) is 7.03. The average Bonchev–Trinajstić information content (AvgIpc) is 3.51. The highest BCUT2D eigenvalue weighted by atomic mass is 32.1. The van der Waals surface area contributed by atoms with E-state index in [1.54, 1.807) is 48.9 Å². The highest BCUT2D eigenvalue weighted by Gasteiger charge is 2.46. The van der Waals surface area contributed by atoms with Gasteiger partial charge >= 0.3 is 0 Å². The molecule has 0 unspecified atom stereocenters. The van der Waals surface area contributed by atoms with Gasteiger partial charge in [-0.2, -0.15) is 0 Å². The number of aromatic nitrogens is 1. The Morgan fingerprint density at radius 1 is 1.19 bits per heavy atom. The van der Waals surface area contributed by atoms with E-state index in [-0.39, 0.29) is 10.7 Å². The van der Waals surface area contributed by atoms with E-state index in [9.17, 15) is 19.1 Å². The summed E-state index contributed by atoms with van der Waals surface area (Å²) in [5.41, 5.74) is 0.896. The summed E-state index contributed by atoms with van der Waals surface area (Å²) in [6.07, 6.45) is 0. The number of nitrogens with zero attached hydrogens (tertiary/aromatic N) is 2. The number of carbonyl (C=O) groups is 2. The van der Waals surface area contributed by atoms with Gasteiger partial charge < -0.3 is 9.84 Å². The lowest BCUT2D eigenvalue weighted by Gasteiger charge is -2.24. The van der Waals surface area contributed by atoms with E-state index in [4.69, 9.17) is 4.74 Å². The van der Waals surface area contributed by atoms with E-state index in [1.807, 2.05) is 0 Å². The molecule has 1 aliphatic rings. The van der Waals surface area contributed by atoms with Crippen LogP contribution < -0.4 is 9.64 Å². The Morgan fingerprint density at radius 3 is 2.75 bits per heavy atom. The second-order valence-corrected chi connectivity index (χ2v) is 8.99. The monoisotopic (exact) mass is 466 g/mol. The number of aliphatic hydroxyl groups excluding tert-OH is 1. The zero-order valence-electron chi connectivity index (χ0n) is 16.6. The quantitative estimate of drug-likeness (QED) is 0.405. The number of anilines is 1. The third kappa shape index (κ3) is 3.26. The number of benzene rings is 2. The first-order chi connectivity index (χ1) is 15.5. The zero-order valence-corrected chi connectivity index (χ0v) is 18.2. The zero-order chi connectivity index (χ0) is 22.4. The molecule has 160 valence electrons. The molecule has 0 radical (unpaired) electrons. The molecule has 4 aromatic rings. The van der Waals surface area contributed by atoms with E-state index in [2.05, 4.69) is 4.98 Å². The fourth-order valence-electron chi connectivity index (χ4n) is 3.69. The van der Waals surface area contributed by atoms with Crippen LogP contribution in [0, 0.1) is 5.82 Å². The molecule has 0 fully saturated rings. The number of Topliss-reactive ketones (excluding diaryl/α,β-unsaturated/α-hetero) is 1. The Kier molecular flexibility index (Phi) is 4.99. The molecule has 0 bridgehead atoms. The van der Waals surface area contributed by atoms with E-state index < -0.39 is 29.3 Å². The number of thiazole rings is 1. The molecule has 1 aliphatic heterocycles.